The topological polar surface area (TPSA) is 97.2 Å². The summed E-state index contributed by atoms with van der Waals surface area (Å²) in [5.74, 6) is 0. The van der Waals surface area contributed by atoms with Gasteiger partial charge in [-0.3, -0.25) is 19.9 Å². The van der Waals surface area contributed by atoms with Gasteiger partial charge in [-0.2, -0.15) is 0 Å². The Morgan fingerprint density at radius 3 is 2.54 bits per heavy atom. The van der Waals surface area contributed by atoms with Gasteiger partial charge in [-0.1, -0.05) is 0 Å². The van der Waals surface area contributed by atoms with Crippen molar-refractivity contribution in [2.75, 3.05) is 43.0 Å². The van der Waals surface area contributed by atoms with Crippen molar-refractivity contribution in [3.63, 3.8) is 0 Å². The maximum atomic E-state index is 12.0. The van der Waals surface area contributed by atoms with Gasteiger partial charge in [0.15, 0.2) is 0 Å². The standard InChI is InChI=1S/C19H28N4O5/c1-13-10-21(11-14(2)28-13)19(3,4)12-20-16-6-5-15(23(25)26)9-17(16)22-7-8-27-18(22)24/h5-6,9,13-14,20H,7-8,10-12H2,1-4H3/t13-,14+. The number of nitro groups is 1. The molecule has 0 spiro atoms. The van der Waals surface area contributed by atoms with Crippen molar-refractivity contribution in [3.05, 3.63) is 28.3 Å². The van der Waals surface area contributed by atoms with Crippen LogP contribution in [-0.4, -0.2) is 66.4 Å². The molecule has 2 heterocycles. The summed E-state index contributed by atoms with van der Waals surface area (Å²) in [7, 11) is 0. The van der Waals surface area contributed by atoms with Crippen LogP contribution < -0.4 is 10.2 Å². The number of rotatable bonds is 6. The van der Waals surface area contributed by atoms with Crippen molar-refractivity contribution >= 4 is 23.2 Å². The normalized spacial score (nSPS) is 23.6. The highest BCUT2D eigenvalue weighted by Crippen LogP contribution is 2.33. The van der Waals surface area contributed by atoms with Crippen LogP contribution in [0, 0.1) is 10.1 Å². The quantitative estimate of drug-likeness (QED) is 0.587. The molecule has 9 nitrogen and oxygen atoms in total. The predicted octanol–water partition coefficient (Wildman–Crippen LogP) is 2.85. The summed E-state index contributed by atoms with van der Waals surface area (Å²) < 4.78 is 10.8. The number of benzene rings is 1. The summed E-state index contributed by atoms with van der Waals surface area (Å²) in [5.41, 5.74) is 0.912. The molecule has 0 saturated carbocycles. The lowest BCUT2D eigenvalue weighted by Crippen LogP contribution is -2.57. The molecular formula is C19H28N4O5. The maximum absolute atomic E-state index is 12.0. The van der Waals surface area contributed by atoms with Gasteiger partial charge >= 0.3 is 6.09 Å². The fraction of sp³-hybridized carbons (Fsp3) is 0.632. The minimum Gasteiger partial charge on any atom is -0.447 e. The molecule has 28 heavy (non-hydrogen) atoms. The van der Waals surface area contributed by atoms with Crippen molar-refractivity contribution in [1.82, 2.24) is 4.90 Å². The van der Waals surface area contributed by atoms with Crippen LogP contribution in [0.15, 0.2) is 18.2 Å². The van der Waals surface area contributed by atoms with Gasteiger partial charge in [-0.15, -0.1) is 0 Å². The Hall–Kier alpha value is -2.39. The molecular weight excluding hydrogens is 364 g/mol. The Bertz CT molecular complexity index is 744. The number of nitrogens with one attached hydrogen (secondary N) is 1. The van der Waals surface area contributed by atoms with Crippen LogP contribution in [0.2, 0.25) is 0 Å². The van der Waals surface area contributed by atoms with Gasteiger partial charge < -0.3 is 14.8 Å². The van der Waals surface area contributed by atoms with E-state index < -0.39 is 11.0 Å². The number of morpholine rings is 1. The van der Waals surface area contributed by atoms with E-state index in [1.54, 1.807) is 6.07 Å². The number of carbonyl (C=O) groups is 1. The van der Waals surface area contributed by atoms with Gasteiger partial charge in [0.2, 0.25) is 0 Å². The molecule has 0 radical (unpaired) electrons. The van der Waals surface area contributed by atoms with E-state index in [9.17, 15) is 14.9 Å². The van der Waals surface area contributed by atoms with Gasteiger partial charge in [-0.25, -0.2) is 4.79 Å². The Kier molecular flexibility index (Phi) is 5.76. The first kappa shape index (κ1) is 20.3. The summed E-state index contributed by atoms with van der Waals surface area (Å²) in [5, 5.41) is 14.6. The Morgan fingerprint density at radius 2 is 1.96 bits per heavy atom. The Labute approximate surface area is 164 Å². The molecule has 2 aliphatic heterocycles. The lowest BCUT2D eigenvalue weighted by atomic mass is 9.99. The van der Waals surface area contributed by atoms with E-state index in [1.165, 1.54) is 17.0 Å². The molecule has 1 N–H and O–H groups in total. The monoisotopic (exact) mass is 392 g/mol. The van der Waals surface area contributed by atoms with Crippen LogP contribution in [0.1, 0.15) is 27.7 Å². The van der Waals surface area contributed by atoms with Crippen molar-refractivity contribution in [3.8, 4) is 0 Å². The molecule has 9 heteroatoms. The first-order chi connectivity index (χ1) is 13.2. The summed E-state index contributed by atoms with van der Waals surface area (Å²) in [6.45, 7) is 11.4. The SMILES string of the molecule is C[C@@H]1CN(C(C)(C)CNc2ccc([N+](=O)[O-])cc2N2CCOC2=O)C[C@H](C)O1. The van der Waals surface area contributed by atoms with E-state index in [4.69, 9.17) is 9.47 Å². The molecule has 2 aliphatic rings. The highest BCUT2D eigenvalue weighted by molar-refractivity contribution is 5.94. The maximum Gasteiger partial charge on any atom is 0.414 e. The van der Waals surface area contributed by atoms with E-state index in [2.05, 4.69) is 37.9 Å². The number of non-ortho nitro benzene ring substituents is 1. The zero-order valence-corrected chi connectivity index (χ0v) is 16.8. The smallest absolute Gasteiger partial charge is 0.414 e. The minimum absolute atomic E-state index is 0.0599. The second-order valence-corrected chi connectivity index (χ2v) is 8.05. The van der Waals surface area contributed by atoms with Crippen LogP contribution in [0.3, 0.4) is 0 Å². The molecule has 2 fully saturated rings. The van der Waals surface area contributed by atoms with Crippen molar-refractivity contribution in [2.45, 2.75) is 45.4 Å². The van der Waals surface area contributed by atoms with Gasteiger partial charge in [0.05, 0.1) is 35.1 Å². The fourth-order valence-electron chi connectivity index (χ4n) is 3.71. The minimum atomic E-state index is -0.487. The van der Waals surface area contributed by atoms with Gasteiger partial charge in [-0.05, 0) is 33.8 Å². The molecule has 0 aliphatic carbocycles. The largest absolute Gasteiger partial charge is 0.447 e. The molecule has 2 atom stereocenters. The van der Waals surface area contributed by atoms with E-state index in [0.717, 1.165) is 13.1 Å². The molecule has 0 aromatic heterocycles. The summed E-state index contributed by atoms with van der Waals surface area (Å²) in [6, 6.07) is 4.51. The number of nitrogens with zero attached hydrogens (tertiary/aromatic N) is 3. The molecule has 0 bridgehead atoms. The van der Waals surface area contributed by atoms with Crippen LogP contribution in [0.4, 0.5) is 21.9 Å². The average molecular weight is 392 g/mol. The molecule has 1 aromatic rings. The zero-order valence-electron chi connectivity index (χ0n) is 16.8. The van der Waals surface area contributed by atoms with E-state index in [0.29, 0.717) is 24.5 Å². The predicted molar refractivity (Wildman–Crippen MR) is 106 cm³/mol. The summed E-state index contributed by atoms with van der Waals surface area (Å²) in [6.07, 6.45) is -0.159. The molecule has 154 valence electrons. The third kappa shape index (κ3) is 4.36. The molecule has 1 aromatic carbocycles. The number of anilines is 2. The van der Waals surface area contributed by atoms with Crippen molar-refractivity contribution < 1.29 is 19.2 Å². The zero-order chi connectivity index (χ0) is 20.5. The second kappa shape index (κ2) is 7.92. The molecule has 3 rings (SSSR count). The molecule has 1 amide bonds. The highest BCUT2D eigenvalue weighted by atomic mass is 16.6. The lowest BCUT2D eigenvalue weighted by Gasteiger charge is -2.45. The Balaban J connectivity index is 1.79. The van der Waals surface area contributed by atoms with Crippen LogP contribution in [0.25, 0.3) is 0 Å². The van der Waals surface area contributed by atoms with Gasteiger partial charge in [0, 0.05) is 37.3 Å². The third-order valence-corrected chi connectivity index (χ3v) is 5.23. The van der Waals surface area contributed by atoms with Crippen molar-refractivity contribution in [1.29, 1.82) is 0 Å². The number of hydrogen-bond acceptors (Lipinski definition) is 7. The van der Waals surface area contributed by atoms with E-state index >= 15 is 0 Å². The molecule has 0 unspecified atom stereocenters. The van der Waals surface area contributed by atoms with Crippen LogP contribution in [0.5, 0.6) is 0 Å². The fourth-order valence-corrected chi connectivity index (χ4v) is 3.71. The van der Waals surface area contributed by atoms with E-state index in [-0.39, 0.29) is 30.0 Å². The summed E-state index contributed by atoms with van der Waals surface area (Å²) >= 11 is 0. The summed E-state index contributed by atoms with van der Waals surface area (Å²) in [4.78, 5) is 26.5. The van der Waals surface area contributed by atoms with Gasteiger partial charge in [0.1, 0.15) is 6.61 Å². The van der Waals surface area contributed by atoms with Crippen LogP contribution >= 0.6 is 0 Å². The number of hydrogen-bond donors (Lipinski definition) is 1. The first-order valence-electron chi connectivity index (χ1n) is 9.54. The number of cyclic esters (lactones) is 1. The number of carbonyl (C=O) groups excluding carboxylic acids is 1. The highest BCUT2D eigenvalue weighted by Gasteiger charge is 2.34. The average Bonchev–Trinajstić information content (AvgIpc) is 3.05. The van der Waals surface area contributed by atoms with Gasteiger partial charge in [0.25, 0.3) is 5.69 Å². The number of nitro benzene ring substituents is 1. The number of amides is 1. The second-order valence-electron chi connectivity index (χ2n) is 8.05. The lowest BCUT2D eigenvalue weighted by molar-refractivity contribution is -0.384. The number of ether oxygens (including phenoxy) is 2. The first-order valence-corrected chi connectivity index (χ1v) is 9.54. The van der Waals surface area contributed by atoms with Crippen molar-refractivity contribution in [2.24, 2.45) is 0 Å². The molecule has 2 saturated heterocycles. The Morgan fingerprint density at radius 1 is 1.29 bits per heavy atom. The van der Waals surface area contributed by atoms with E-state index in [1.807, 2.05) is 0 Å². The third-order valence-electron chi connectivity index (χ3n) is 5.23. The van der Waals surface area contributed by atoms with Crippen LogP contribution in [-0.2, 0) is 9.47 Å².